The van der Waals surface area contributed by atoms with Gasteiger partial charge < -0.3 is 9.47 Å². The topological polar surface area (TPSA) is 48.4 Å². The van der Waals surface area contributed by atoms with Gasteiger partial charge in [0, 0.05) is 18.2 Å². The van der Waals surface area contributed by atoms with Gasteiger partial charge in [0.05, 0.1) is 17.6 Å². The number of hydrogen-bond donors (Lipinski definition) is 0. The Morgan fingerprint density at radius 2 is 2.37 bits per heavy atom. The van der Waals surface area contributed by atoms with Gasteiger partial charge in [-0.1, -0.05) is 0 Å². The standard InChI is InChI=1S/C14H13NO3S/c1-8-3-9-4-13(17-2)11(5-12(9)18-8)14-15-6-10(7-16)19-14/h4-8H,3H2,1-2H3. The molecule has 0 spiro atoms. The molecule has 1 atom stereocenters. The zero-order valence-electron chi connectivity index (χ0n) is 10.7. The minimum Gasteiger partial charge on any atom is -0.496 e. The van der Waals surface area contributed by atoms with Crippen molar-refractivity contribution in [3.63, 3.8) is 0 Å². The smallest absolute Gasteiger partial charge is 0.161 e. The first-order chi connectivity index (χ1) is 9.21. The maximum atomic E-state index is 10.8. The third-order valence-electron chi connectivity index (χ3n) is 3.09. The number of aldehydes is 1. The molecule has 2 heterocycles. The Kier molecular flexibility index (Phi) is 2.98. The molecule has 0 fully saturated rings. The summed E-state index contributed by atoms with van der Waals surface area (Å²) in [6.07, 6.45) is 3.46. The van der Waals surface area contributed by atoms with Gasteiger partial charge in [-0.3, -0.25) is 4.79 Å². The molecular weight excluding hydrogens is 262 g/mol. The van der Waals surface area contributed by atoms with Crippen LogP contribution in [0.2, 0.25) is 0 Å². The van der Waals surface area contributed by atoms with E-state index in [1.165, 1.54) is 11.3 Å². The van der Waals surface area contributed by atoms with Crippen LogP contribution in [-0.4, -0.2) is 24.5 Å². The molecule has 1 aliphatic heterocycles. The molecule has 2 aromatic rings. The maximum Gasteiger partial charge on any atom is 0.161 e. The summed E-state index contributed by atoms with van der Waals surface area (Å²) in [7, 11) is 1.64. The van der Waals surface area contributed by atoms with E-state index in [1.807, 2.05) is 19.1 Å². The molecule has 1 unspecified atom stereocenters. The van der Waals surface area contributed by atoms with Gasteiger partial charge in [0.25, 0.3) is 0 Å². The quantitative estimate of drug-likeness (QED) is 0.808. The summed E-state index contributed by atoms with van der Waals surface area (Å²) < 4.78 is 11.2. The summed E-state index contributed by atoms with van der Waals surface area (Å²) in [6.45, 7) is 2.04. The van der Waals surface area contributed by atoms with Crippen LogP contribution in [-0.2, 0) is 6.42 Å². The molecule has 1 aliphatic rings. The van der Waals surface area contributed by atoms with Crippen LogP contribution in [0.5, 0.6) is 11.5 Å². The Bertz CT molecular complexity index is 636. The fourth-order valence-electron chi connectivity index (χ4n) is 2.24. The lowest BCUT2D eigenvalue weighted by molar-refractivity contribution is 0.112. The second-order valence-electron chi connectivity index (χ2n) is 4.48. The van der Waals surface area contributed by atoms with Crippen LogP contribution < -0.4 is 9.47 Å². The number of rotatable bonds is 3. The van der Waals surface area contributed by atoms with Gasteiger partial charge in [0.15, 0.2) is 6.29 Å². The predicted octanol–water partition coefficient (Wildman–Crippen LogP) is 2.95. The highest BCUT2D eigenvalue weighted by Gasteiger charge is 2.23. The molecule has 5 heteroatoms. The number of hydrogen-bond acceptors (Lipinski definition) is 5. The van der Waals surface area contributed by atoms with E-state index in [0.717, 1.165) is 40.3 Å². The van der Waals surface area contributed by atoms with Crippen molar-refractivity contribution < 1.29 is 14.3 Å². The maximum absolute atomic E-state index is 10.8. The molecular formula is C14H13NO3S. The SMILES string of the molecule is COc1cc2c(cc1-c1ncc(C=O)s1)OC(C)C2. The number of fused-ring (bicyclic) bond motifs is 1. The molecule has 98 valence electrons. The molecule has 0 saturated heterocycles. The molecule has 0 N–H and O–H groups in total. The van der Waals surface area contributed by atoms with Gasteiger partial charge in [0.2, 0.25) is 0 Å². The van der Waals surface area contributed by atoms with Crippen molar-refractivity contribution in [1.82, 2.24) is 4.98 Å². The number of aromatic nitrogens is 1. The monoisotopic (exact) mass is 275 g/mol. The molecule has 1 aromatic heterocycles. The van der Waals surface area contributed by atoms with Gasteiger partial charge in [-0.05, 0) is 19.1 Å². The highest BCUT2D eigenvalue weighted by molar-refractivity contribution is 7.16. The van der Waals surface area contributed by atoms with E-state index >= 15 is 0 Å². The average molecular weight is 275 g/mol. The number of carbonyl (C=O) groups excluding carboxylic acids is 1. The van der Waals surface area contributed by atoms with Gasteiger partial charge in [-0.2, -0.15) is 0 Å². The van der Waals surface area contributed by atoms with Gasteiger partial charge in [-0.25, -0.2) is 4.98 Å². The van der Waals surface area contributed by atoms with Crippen LogP contribution >= 0.6 is 11.3 Å². The Morgan fingerprint density at radius 3 is 3.05 bits per heavy atom. The van der Waals surface area contributed by atoms with E-state index in [0.29, 0.717) is 4.88 Å². The van der Waals surface area contributed by atoms with E-state index in [-0.39, 0.29) is 6.10 Å². The highest BCUT2D eigenvalue weighted by atomic mass is 32.1. The van der Waals surface area contributed by atoms with E-state index in [1.54, 1.807) is 13.3 Å². The zero-order valence-corrected chi connectivity index (χ0v) is 11.5. The van der Waals surface area contributed by atoms with Crippen molar-refractivity contribution in [2.75, 3.05) is 7.11 Å². The molecule has 3 rings (SSSR count). The highest BCUT2D eigenvalue weighted by Crippen LogP contribution is 2.40. The molecule has 19 heavy (non-hydrogen) atoms. The van der Waals surface area contributed by atoms with Crippen LogP contribution in [0.4, 0.5) is 0 Å². The third kappa shape index (κ3) is 2.10. The summed E-state index contributed by atoms with van der Waals surface area (Å²) in [6, 6.07) is 3.95. The molecule has 0 radical (unpaired) electrons. The summed E-state index contributed by atoms with van der Waals surface area (Å²) in [4.78, 5) is 15.6. The van der Waals surface area contributed by atoms with Crippen molar-refractivity contribution in [1.29, 1.82) is 0 Å². The Morgan fingerprint density at radius 1 is 1.53 bits per heavy atom. The van der Waals surface area contributed by atoms with Crippen LogP contribution in [0.3, 0.4) is 0 Å². The second-order valence-corrected chi connectivity index (χ2v) is 5.54. The molecule has 0 aliphatic carbocycles. The first-order valence-electron chi connectivity index (χ1n) is 6.00. The first kappa shape index (κ1) is 12.2. The fourth-order valence-corrected chi connectivity index (χ4v) is 2.99. The lowest BCUT2D eigenvalue weighted by atomic mass is 10.1. The normalized spacial score (nSPS) is 16.8. The van der Waals surface area contributed by atoms with E-state index in [9.17, 15) is 4.79 Å². The third-order valence-corrected chi connectivity index (χ3v) is 4.04. The number of nitrogens with zero attached hydrogens (tertiary/aromatic N) is 1. The van der Waals surface area contributed by atoms with E-state index in [4.69, 9.17) is 9.47 Å². The number of ether oxygens (including phenoxy) is 2. The largest absolute Gasteiger partial charge is 0.496 e. The van der Waals surface area contributed by atoms with Crippen LogP contribution in [0, 0.1) is 0 Å². The minimum atomic E-state index is 0.191. The summed E-state index contributed by atoms with van der Waals surface area (Å²) in [5.41, 5.74) is 2.02. The lowest BCUT2D eigenvalue weighted by Gasteiger charge is -2.09. The number of methoxy groups -OCH3 is 1. The van der Waals surface area contributed by atoms with Crippen LogP contribution in [0.25, 0.3) is 10.6 Å². The molecule has 0 amide bonds. The van der Waals surface area contributed by atoms with Crippen LogP contribution in [0.15, 0.2) is 18.3 Å². The van der Waals surface area contributed by atoms with Crippen molar-refractivity contribution in [2.45, 2.75) is 19.4 Å². The molecule has 0 saturated carbocycles. The Hall–Kier alpha value is -1.88. The summed E-state index contributed by atoms with van der Waals surface area (Å²) in [5.74, 6) is 1.65. The number of carbonyl (C=O) groups is 1. The van der Waals surface area contributed by atoms with Crippen molar-refractivity contribution in [3.8, 4) is 22.1 Å². The Balaban J connectivity index is 2.10. The number of thiazole rings is 1. The fraction of sp³-hybridized carbons (Fsp3) is 0.286. The summed E-state index contributed by atoms with van der Waals surface area (Å²) in [5, 5.41) is 0.768. The second kappa shape index (κ2) is 4.66. The van der Waals surface area contributed by atoms with Crippen molar-refractivity contribution in [2.24, 2.45) is 0 Å². The molecule has 1 aromatic carbocycles. The van der Waals surface area contributed by atoms with Gasteiger partial charge in [-0.15, -0.1) is 11.3 Å². The average Bonchev–Trinajstić information content (AvgIpc) is 3.01. The number of benzene rings is 1. The van der Waals surface area contributed by atoms with E-state index < -0.39 is 0 Å². The van der Waals surface area contributed by atoms with Gasteiger partial charge >= 0.3 is 0 Å². The van der Waals surface area contributed by atoms with Crippen molar-refractivity contribution >= 4 is 17.6 Å². The summed E-state index contributed by atoms with van der Waals surface area (Å²) >= 11 is 1.35. The zero-order chi connectivity index (χ0) is 13.4. The van der Waals surface area contributed by atoms with E-state index in [2.05, 4.69) is 4.98 Å². The molecule has 4 nitrogen and oxygen atoms in total. The Labute approximate surface area is 115 Å². The molecule has 0 bridgehead atoms. The predicted molar refractivity (Wildman–Crippen MR) is 73.3 cm³/mol. The first-order valence-corrected chi connectivity index (χ1v) is 6.82. The van der Waals surface area contributed by atoms with Crippen LogP contribution in [0.1, 0.15) is 22.2 Å². The van der Waals surface area contributed by atoms with Gasteiger partial charge in [0.1, 0.15) is 22.6 Å². The minimum absolute atomic E-state index is 0.191. The van der Waals surface area contributed by atoms with Crippen molar-refractivity contribution in [3.05, 3.63) is 28.8 Å². The lowest BCUT2D eigenvalue weighted by Crippen LogP contribution is -2.05.